The Hall–Kier alpha value is -2.67. The molecule has 3 rings (SSSR count). The normalized spacial score (nSPS) is 10.8. The molecule has 0 aliphatic rings. The van der Waals surface area contributed by atoms with Crippen molar-refractivity contribution in [2.45, 2.75) is 52.9 Å². The molecule has 28 heavy (non-hydrogen) atoms. The first-order valence-corrected chi connectivity index (χ1v) is 10.5. The highest BCUT2D eigenvalue weighted by atomic mass is 14.7. The van der Waals surface area contributed by atoms with Gasteiger partial charge in [0.25, 0.3) is 0 Å². The second kappa shape index (κ2) is 9.50. The molecular formula is C27H31N. The number of benzene rings is 2. The molecule has 1 nitrogen and oxygen atoms in total. The lowest BCUT2D eigenvalue weighted by Crippen LogP contribution is -1.95. The molecule has 0 aliphatic heterocycles. The first-order chi connectivity index (χ1) is 13.7. The van der Waals surface area contributed by atoms with E-state index < -0.39 is 0 Å². The van der Waals surface area contributed by atoms with E-state index in [1.807, 2.05) is 6.08 Å². The van der Waals surface area contributed by atoms with Gasteiger partial charge in [0.2, 0.25) is 0 Å². The van der Waals surface area contributed by atoms with Gasteiger partial charge in [0.15, 0.2) is 0 Å². The summed E-state index contributed by atoms with van der Waals surface area (Å²) in [5, 5.41) is 0. The fourth-order valence-corrected chi connectivity index (χ4v) is 3.64. The third-order valence-electron chi connectivity index (χ3n) is 5.45. The van der Waals surface area contributed by atoms with Crippen molar-refractivity contribution in [2.24, 2.45) is 0 Å². The van der Waals surface area contributed by atoms with Crippen molar-refractivity contribution in [3.63, 3.8) is 0 Å². The van der Waals surface area contributed by atoms with Crippen molar-refractivity contribution < 1.29 is 0 Å². The third kappa shape index (κ3) is 4.59. The van der Waals surface area contributed by atoms with Crippen LogP contribution in [0.1, 0.15) is 55.4 Å². The van der Waals surface area contributed by atoms with Crippen LogP contribution < -0.4 is 0 Å². The number of hydrogen-bond acceptors (Lipinski definition) is 1. The Morgan fingerprint density at radius 3 is 2.29 bits per heavy atom. The first-order valence-electron chi connectivity index (χ1n) is 10.5. The number of pyridine rings is 1. The van der Waals surface area contributed by atoms with Crippen molar-refractivity contribution in [3.8, 4) is 22.4 Å². The molecule has 3 aromatic rings. The first kappa shape index (κ1) is 20.1. The average molecular weight is 370 g/mol. The molecule has 0 spiro atoms. The number of rotatable bonds is 8. The molecule has 144 valence electrons. The second-order valence-electron chi connectivity index (χ2n) is 7.52. The highest BCUT2D eigenvalue weighted by Crippen LogP contribution is 2.33. The summed E-state index contributed by atoms with van der Waals surface area (Å²) < 4.78 is 0. The van der Waals surface area contributed by atoms with Crippen LogP contribution in [0.5, 0.6) is 0 Å². The van der Waals surface area contributed by atoms with Crippen LogP contribution in [0, 0.1) is 6.92 Å². The van der Waals surface area contributed by atoms with Gasteiger partial charge in [-0.2, -0.15) is 0 Å². The number of unbranched alkanes of at least 4 members (excludes halogenated alkanes) is 2. The number of nitrogens with zero attached hydrogens (tertiary/aromatic N) is 1. The van der Waals surface area contributed by atoms with Gasteiger partial charge in [0.05, 0.1) is 5.69 Å². The molecule has 0 saturated heterocycles. The second-order valence-corrected chi connectivity index (χ2v) is 7.52. The lowest BCUT2D eigenvalue weighted by atomic mass is 9.94. The molecule has 2 aromatic carbocycles. The number of aromatic nitrogens is 1. The Balaban J connectivity index is 2.07. The van der Waals surface area contributed by atoms with Crippen LogP contribution >= 0.6 is 0 Å². The van der Waals surface area contributed by atoms with Crippen LogP contribution in [-0.2, 0) is 12.8 Å². The van der Waals surface area contributed by atoms with Crippen LogP contribution in [0.3, 0.4) is 0 Å². The molecule has 1 heterocycles. The number of hydrogen-bond donors (Lipinski definition) is 0. The summed E-state index contributed by atoms with van der Waals surface area (Å²) in [4.78, 5) is 4.91. The third-order valence-corrected chi connectivity index (χ3v) is 5.45. The van der Waals surface area contributed by atoms with E-state index in [0.717, 1.165) is 18.5 Å². The molecule has 0 unspecified atom stereocenters. The van der Waals surface area contributed by atoms with Gasteiger partial charge in [-0.3, -0.25) is 4.98 Å². The Morgan fingerprint density at radius 1 is 0.893 bits per heavy atom. The van der Waals surface area contributed by atoms with Crippen LogP contribution in [0.2, 0.25) is 0 Å². The summed E-state index contributed by atoms with van der Waals surface area (Å²) >= 11 is 0. The zero-order valence-electron chi connectivity index (χ0n) is 17.5. The summed E-state index contributed by atoms with van der Waals surface area (Å²) in [6.45, 7) is 10.5. The van der Waals surface area contributed by atoms with Gasteiger partial charge in [-0.1, -0.05) is 81.8 Å². The van der Waals surface area contributed by atoms with E-state index in [4.69, 9.17) is 4.98 Å². The summed E-state index contributed by atoms with van der Waals surface area (Å²) in [6, 6.07) is 17.8. The summed E-state index contributed by atoms with van der Waals surface area (Å²) in [5.41, 5.74) is 9.79. The van der Waals surface area contributed by atoms with E-state index in [9.17, 15) is 0 Å². The topological polar surface area (TPSA) is 12.9 Å². The number of aryl methyl sites for hydroxylation is 3. The maximum atomic E-state index is 4.91. The van der Waals surface area contributed by atoms with Gasteiger partial charge in [0.1, 0.15) is 0 Å². The molecular weight excluding hydrogens is 338 g/mol. The molecule has 1 aromatic heterocycles. The summed E-state index contributed by atoms with van der Waals surface area (Å²) in [5.74, 6) is 0. The van der Waals surface area contributed by atoms with E-state index >= 15 is 0 Å². The van der Waals surface area contributed by atoms with Gasteiger partial charge >= 0.3 is 0 Å². The average Bonchev–Trinajstić information content (AvgIpc) is 2.74. The maximum Gasteiger partial charge on any atom is 0.0780 e. The fourth-order valence-electron chi connectivity index (χ4n) is 3.64. The van der Waals surface area contributed by atoms with Crippen molar-refractivity contribution in [2.75, 3.05) is 0 Å². The molecule has 0 bridgehead atoms. The van der Waals surface area contributed by atoms with Gasteiger partial charge < -0.3 is 0 Å². The van der Waals surface area contributed by atoms with Gasteiger partial charge in [-0.15, -0.1) is 0 Å². The van der Waals surface area contributed by atoms with Gasteiger partial charge in [-0.25, -0.2) is 0 Å². The highest BCUT2D eigenvalue weighted by molar-refractivity contribution is 5.82. The van der Waals surface area contributed by atoms with E-state index in [1.54, 1.807) is 0 Å². The minimum absolute atomic E-state index is 1.05. The zero-order valence-corrected chi connectivity index (χ0v) is 17.5. The lowest BCUT2D eigenvalue weighted by molar-refractivity contribution is 0.716. The van der Waals surface area contributed by atoms with Crippen molar-refractivity contribution in [3.05, 3.63) is 83.6 Å². The smallest absolute Gasteiger partial charge is 0.0780 e. The van der Waals surface area contributed by atoms with E-state index in [2.05, 4.69) is 82.1 Å². The molecule has 0 N–H and O–H groups in total. The summed E-state index contributed by atoms with van der Waals surface area (Å²) in [6.07, 6.45) is 9.85. The summed E-state index contributed by atoms with van der Waals surface area (Å²) in [7, 11) is 0. The minimum Gasteiger partial charge on any atom is -0.255 e. The zero-order chi connectivity index (χ0) is 19.9. The standard InChI is InChI=1S/C27H31N/c1-5-8-9-10-22-18-26(25-16-15-23(7-3)20(4)17-25)27(28-19-22)24-13-11-21(6-2)12-14-24/h7,11-19H,3,5-6,8-10H2,1-2,4H3. The van der Waals surface area contributed by atoms with Crippen molar-refractivity contribution in [1.82, 2.24) is 4.98 Å². The fraction of sp³-hybridized carbons (Fsp3) is 0.296. The quantitative estimate of drug-likeness (QED) is 0.371. The SMILES string of the molecule is C=Cc1ccc(-c2cc(CCCCC)cnc2-c2ccc(CC)cc2)cc1C. The maximum absolute atomic E-state index is 4.91. The van der Waals surface area contributed by atoms with Crippen LogP contribution in [0.15, 0.2) is 61.3 Å². The van der Waals surface area contributed by atoms with Crippen molar-refractivity contribution >= 4 is 6.08 Å². The van der Waals surface area contributed by atoms with E-state index in [0.29, 0.717) is 0 Å². The largest absolute Gasteiger partial charge is 0.255 e. The Morgan fingerprint density at radius 2 is 1.64 bits per heavy atom. The van der Waals surface area contributed by atoms with Crippen LogP contribution in [0.25, 0.3) is 28.5 Å². The predicted molar refractivity (Wildman–Crippen MR) is 123 cm³/mol. The molecule has 0 atom stereocenters. The molecule has 0 amide bonds. The molecule has 1 heteroatoms. The Bertz CT molecular complexity index is 935. The van der Waals surface area contributed by atoms with E-state index in [1.165, 1.54) is 58.2 Å². The monoisotopic (exact) mass is 369 g/mol. The van der Waals surface area contributed by atoms with Crippen LogP contribution in [-0.4, -0.2) is 4.98 Å². The van der Waals surface area contributed by atoms with Crippen LogP contribution in [0.4, 0.5) is 0 Å². The van der Waals surface area contributed by atoms with Gasteiger partial charge in [-0.05, 0) is 60.1 Å². The van der Waals surface area contributed by atoms with Gasteiger partial charge in [0, 0.05) is 17.3 Å². The molecule has 0 saturated carbocycles. The molecule has 0 radical (unpaired) electrons. The Labute approximate surface area is 170 Å². The molecule has 0 aliphatic carbocycles. The minimum atomic E-state index is 1.05. The van der Waals surface area contributed by atoms with E-state index in [-0.39, 0.29) is 0 Å². The molecule has 0 fully saturated rings. The van der Waals surface area contributed by atoms with Crippen molar-refractivity contribution in [1.29, 1.82) is 0 Å². The lowest BCUT2D eigenvalue weighted by Gasteiger charge is -2.14. The highest BCUT2D eigenvalue weighted by Gasteiger charge is 2.12. The predicted octanol–water partition coefficient (Wildman–Crippen LogP) is 7.66. The Kier molecular flexibility index (Phi) is 6.81.